The summed E-state index contributed by atoms with van der Waals surface area (Å²) < 4.78 is 11.0. The van der Waals surface area contributed by atoms with Crippen molar-refractivity contribution in [1.29, 1.82) is 0 Å². The number of rotatable bonds is 7. The van der Waals surface area contributed by atoms with Crippen LogP contribution in [0.4, 0.5) is 0 Å². The second-order valence-corrected chi connectivity index (χ2v) is 4.32. The Hall–Kier alpha value is -1.30. The SMILES string of the molecule is COc1cccc([C@H](N)CO)c1OCCN(C)C. The first-order valence-corrected chi connectivity index (χ1v) is 5.91. The maximum atomic E-state index is 9.16. The van der Waals surface area contributed by atoms with Crippen molar-refractivity contribution in [1.82, 2.24) is 4.90 Å². The van der Waals surface area contributed by atoms with Crippen molar-refractivity contribution in [2.24, 2.45) is 5.73 Å². The average Bonchev–Trinajstić information content (AvgIpc) is 2.37. The number of hydrogen-bond donors (Lipinski definition) is 2. The Morgan fingerprint density at radius 2 is 2.11 bits per heavy atom. The zero-order chi connectivity index (χ0) is 13.5. The van der Waals surface area contributed by atoms with Crippen molar-refractivity contribution in [3.05, 3.63) is 23.8 Å². The van der Waals surface area contributed by atoms with Crippen molar-refractivity contribution in [2.75, 3.05) is 41.0 Å². The number of hydrogen-bond acceptors (Lipinski definition) is 5. The van der Waals surface area contributed by atoms with Gasteiger partial charge in [-0.05, 0) is 20.2 Å². The van der Waals surface area contributed by atoms with Crippen LogP contribution in [0.3, 0.4) is 0 Å². The van der Waals surface area contributed by atoms with Gasteiger partial charge >= 0.3 is 0 Å². The molecule has 1 aromatic carbocycles. The molecule has 18 heavy (non-hydrogen) atoms. The van der Waals surface area contributed by atoms with Crippen LogP contribution in [-0.2, 0) is 0 Å². The van der Waals surface area contributed by atoms with E-state index in [1.807, 2.05) is 37.2 Å². The molecule has 0 fully saturated rings. The number of aliphatic hydroxyl groups is 1. The normalized spacial score (nSPS) is 12.6. The van der Waals surface area contributed by atoms with Gasteiger partial charge in [-0.3, -0.25) is 0 Å². The third-order valence-corrected chi connectivity index (χ3v) is 2.61. The molecule has 0 saturated heterocycles. The van der Waals surface area contributed by atoms with Crippen LogP contribution in [0.2, 0.25) is 0 Å². The second-order valence-electron chi connectivity index (χ2n) is 4.32. The van der Waals surface area contributed by atoms with Crippen molar-refractivity contribution >= 4 is 0 Å². The van der Waals surface area contributed by atoms with Gasteiger partial charge in [0.1, 0.15) is 6.61 Å². The van der Waals surface area contributed by atoms with Crippen LogP contribution < -0.4 is 15.2 Å². The molecule has 0 aliphatic heterocycles. The van der Waals surface area contributed by atoms with Crippen LogP contribution in [0.15, 0.2) is 18.2 Å². The Morgan fingerprint density at radius 3 is 2.67 bits per heavy atom. The number of benzene rings is 1. The number of ether oxygens (including phenoxy) is 2. The molecule has 0 unspecified atom stereocenters. The minimum Gasteiger partial charge on any atom is -0.493 e. The lowest BCUT2D eigenvalue weighted by molar-refractivity contribution is 0.237. The molecule has 0 saturated carbocycles. The van der Waals surface area contributed by atoms with Crippen molar-refractivity contribution in [3.8, 4) is 11.5 Å². The standard InChI is InChI=1S/C13H22N2O3/c1-15(2)7-8-18-13-10(11(14)9-16)5-4-6-12(13)17-3/h4-6,11,16H,7-9,14H2,1-3H3/t11-/m1/s1. The van der Waals surface area contributed by atoms with Gasteiger partial charge in [0.05, 0.1) is 19.8 Å². The zero-order valence-electron chi connectivity index (χ0n) is 11.2. The number of para-hydroxylation sites is 1. The van der Waals surface area contributed by atoms with Crippen LogP contribution >= 0.6 is 0 Å². The first kappa shape index (κ1) is 14.8. The van der Waals surface area contributed by atoms with Gasteiger partial charge in [-0.15, -0.1) is 0 Å². The van der Waals surface area contributed by atoms with Crippen LogP contribution in [0.25, 0.3) is 0 Å². The first-order valence-electron chi connectivity index (χ1n) is 5.91. The summed E-state index contributed by atoms with van der Waals surface area (Å²) in [5.74, 6) is 1.25. The average molecular weight is 254 g/mol. The van der Waals surface area contributed by atoms with E-state index in [-0.39, 0.29) is 6.61 Å². The highest BCUT2D eigenvalue weighted by atomic mass is 16.5. The number of methoxy groups -OCH3 is 1. The Balaban J connectivity index is 2.89. The highest BCUT2D eigenvalue weighted by Crippen LogP contribution is 2.33. The Morgan fingerprint density at radius 1 is 1.39 bits per heavy atom. The summed E-state index contributed by atoms with van der Waals surface area (Å²) in [4.78, 5) is 2.03. The van der Waals surface area contributed by atoms with Crippen molar-refractivity contribution in [2.45, 2.75) is 6.04 Å². The van der Waals surface area contributed by atoms with E-state index in [2.05, 4.69) is 0 Å². The fourth-order valence-electron chi connectivity index (χ4n) is 1.57. The lowest BCUT2D eigenvalue weighted by Crippen LogP contribution is -2.21. The van der Waals surface area contributed by atoms with E-state index < -0.39 is 6.04 Å². The van der Waals surface area contributed by atoms with Gasteiger partial charge < -0.3 is 25.2 Å². The fraction of sp³-hybridized carbons (Fsp3) is 0.538. The topological polar surface area (TPSA) is 68.0 Å². The first-order chi connectivity index (χ1) is 8.60. The number of aliphatic hydroxyl groups excluding tert-OH is 1. The number of nitrogens with zero attached hydrogens (tertiary/aromatic N) is 1. The number of likely N-dealkylation sites (N-methyl/N-ethyl adjacent to an activating group) is 1. The smallest absolute Gasteiger partial charge is 0.166 e. The lowest BCUT2D eigenvalue weighted by Gasteiger charge is -2.19. The highest BCUT2D eigenvalue weighted by Gasteiger charge is 2.15. The molecule has 1 rings (SSSR count). The van der Waals surface area contributed by atoms with E-state index >= 15 is 0 Å². The largest absolute Gasteiger partial charge is 0.493 e. The van der Waals surface area contributed by atoms with E-state index in [9.17, 15) is 0 Å². The summed E-state index contributed by atoms with van der Waals surface area (Å²) in [5, 5.41) is 9.16. The molecule has 5 nitrogen and oxygen atoms in total. The highest BCUT2D eigenvalue weighted by molar-refractivity contribution is 5.48. The quantitative estimate of drug-likeness (QED) is 0.747. The second kappa shape index (κ2) is 7.20. The van der Waals surface area contributed by atoms with Gasteiger partial charge in [-0.2, -0.15) is 0 Å². The minimum atomic E-state index is -0.463. The summed E-state index contributed by atoms with van der Waals surface area (Å²) in [5.41, 5.74) is 6.61. The Labute approximate surface area is 108 Å². The number of nitrogens with two attached hydrogens (primary N) is 1. The molecule has 1 atom stereocenters. The zero-order valence-corrected chi connectivity index (χ0v) is 11.2. The summed E-state index contributed by atoms with van der Waals surface area (Å²) in [6, 6.07) is 5.03. The molecule has 0 radical (unpaired) electrons. The van der Waals surface area contributed by atoms with Gasteiger partial charge in [0.2, 0.25) is 0 Å². The van der Waals surface area contributed by atoms with Crippen molar-refractivity contribution in [3.63, 3.8) is 0 Å². The summed E-state index contributed by atoms with van der Waals surface area (Å²) in [7, 11) is 5.54. The molecule has 1 aromatic rings. The van der Waals surface area contributed by atoms with E-state index in [1.54, 1.807) is 7.11 Å². The van der Waals surface area contributed by atoms with Crippen LogP contribution in [0, 0.1) is 0 Å². The maximum Gasteiger partial charge on any atom is 0.166 e. The molecule has 3 N–H and O–H groups in total. The molecule has 0 aromatic heterocycles. The van der Waals surface area contributed by atoms with Crippen LogP contribution in [0.1, 0.15) is 11.6 Å². The third-order valence-electron chi connectivity index (χ3n) is 2.61. The molecule has 0 aliphatic carbocycles. The molecule has 5 heteroatoms. The van der Waals surface area contributed by atoms with Gasteiger partial charge in [-0.25, -0.2) is 0 Å². The fourth-order valence-corrected chi connectivity index (χ4v) is 1.57. The van der Waals surface area contributed by atoms with E-state index in [1.165, 1.54) is 0 Å². The predicted octanol–water partition coefficient (Wildman–Crippen LogP) is 0.628. The minimum absolute atomic E-state index is 0.128. The van der Waals surface area contributed by atoms with E-state index in [0.29, 0.717) is 18.1 Å². The van der Waals surface area contributed by atoms with Crippen LogP contribution in [-0.4, -0.2) is 51.0 Å². The third kappa shape index (κ3) is 3.87. The van der Waals surface area contributed by atoms with Gasteiger partial charge in [0, 0.05) is 12.1 Å². The Bertz CT molecular complexity index is 369. The van der Waals surface area contributed by atoms with Gasteiger partial charge in [0.25, 0.3) is 0 Å². The Kier molecular flexibility index (Phi) is 5.91. The van der Waals surface area contributed by atoms with E-state index in [0.717, 1.165) is 12.1 Å². The predicted molar refractivity (Wildman–Crippen MR) is 71.1 cm³/mol. The molecule has 0 heterocycles. The molecular formula is C13H22N2O3. The van der Waals surface area contributed by atoms with Crippen LogP contribution in [0.5, 0.6) is 11.5 Å². The molecule has 0 amide bonds. The van der Waals surface area contributed by atoms with Crippen molar-refractivity contribution < 1.29 is 14.6 Å². The van der Waals surface area contributed by atoms with Gasteiger partial charge in [-0.1, -0.05) is 12.1 Å². The summed E-state index contributed by atoms with van der Waals surface area (Å²) in [6.45, 7) is 1.21. The molecule has 0 spiro atoms. The molecule has 0 bridgehead atoms. The van der Waals surface area contributed by atoms with E-state index in [4.69, 9.17) is 20.3 Å². The molecular weight excluding hydrogens is 232 g/mol. The van der Waals surface area contributed by atoms with Gasteiger partial charge in [0.15, 0.2) is 11.5 Å². The molecule has 102 valence electrons. The monoisotopic (exact) mass is 254 g/mol. The maximum absolute atomic E-state index is 9.16. The molecule has 0 aliphatic rings. The summed E-state index contributed by atoms with van der Waals surface area (Å²) >= 11 is 0. The summed E-state index contributed by atoms with van der Waals surface area (Å²) in [6.07, 6.45) is 0. The lowest BCUT2D eigenvalue weighted by atomic mass is 10.1.